The quantitative estimate of drug-likeness (QED) is 0.706. The minimum atomic E-state index is -3.68. The maximum Gasteiger partial charge on any atom is 0.227 e. The van der Waals surface area contributed by atoms with Crippen LogP contribution in [0.2, 0.25) is 0 Å². The zero-order valence-corrected chi connectivity index (χ0v) is 12.7. The van der Waals surface area contributed by atoms with E-state index in [1.165, 1.54) is 7.11 Å². The number of benzene rings is 1. The van der Waals surface area contributed by atoms with Crippen molar-refractivity contribution in [2.45, 2.75) is 23.3 Å². The predicted molar refractivity (Wildman–Crippen MR) is 75.7 cm³/mol. The number of β-lactam (4-membered cyclic amide) rings is 1. The van der Waals surface area contributed by atoms with E-state index in [4.69, 9.17) is 9.47 Å². The predicted octanol–water partition coefficient (Wildman–Crippen LogP) is -0.0376. The molecule has 1 aromatic carbocycles. The van der Waals surface area contributed by atoms with E-state index in [1.54, 1.807) is 24.3 Å². The number of sulfone groups is 1. The molecule has 8 heteroatoms. The number of ether oxygens (including phenoxy) is 2. The lowest BCUT2D eigenvalue weighted by molar-refractivity contribution is -0.151. The maximum absolute atomic E-state index is 12.3. The third-order valence-corrected chi connectivity index (χ3v) is 6.14. The summed E-state index contributed by atoms with van der Waals surface area (Å²) in [7, 11) is -2.46. The number of fused-ring (bicyclic) bond motifs is 1. The van der Waals surface area contributed by atoms with Crippen LogP contribution in [-0.2, 0) is 24.2 Å². The smallest absolute Gasteiger partial charge is 0.227 e. The van der Waals surface area contributed by atoms with Crippen LogP contribution in [-0.4, -0.2) is 55.6 Å². The Bertz CT molecular complexity index is 701. The van der Waals surface area contributed by atoms with Gasteiger partial charge >= 0.3 is 0 Å². The summed E-state index contributed by atoms with van der Waals surface area (Å²) < 4.78 is 34.7. The van der Waals surface area contributed by atoms with Gasteiger partial charge < -0.3 is 14.4 Å². The minimum absolute atomic E-state index is 0.0918. The van der Waals surface area contributed by atoms with Gasteiger partial charge in [-0.25, -0.2) is 8.42 Å². The van der Waals surface area contributed by atoms with E-state index >= 15 is 0 Å². The van der Waals surface area contributed by atoms with Crippen LogP contribution in [0.4, 0.5) is 0 Å². The number of hydrogen-bond donors (Lipinski definition) is 0. The van der Waals surface area contributed by atoms with Crippen LogP contribution < -0.4 is 4.74 Å². The Morgan fingerprint density at radius 2 is 2.00 bits per heavy atom. The van der Waals surface area contributed by atoms with Gasteiger partial charge in [0.25, 0.3) is 0 Å². The Labute approximate surface area is 127 Å². The van der Waals surface area contributed by atoms with E-state index in [0.29, 0.717) is 5.75 Å². The lowest BCUT2D eigenvalue weighted by Gasteiger charge is -2.35. The van der Waals surface area contributed by atoms with Gasteiger partial charge in [-0.15, -0.1) is 0 Å². The fourth-order valence-corrected chi connectivity index (χ4v) is 4.96. The van der Waals surface area contributed by atoms with E-state index in [1.807, 2.05) is 6.07 Å². The first-order valence-corrected chi connectivity index (χ1v) is 8.35. The number of ketones is 1. The van der Waals surface area contributed by atoms with Gasteiger partial charge in [-0.3, -0.25) is 9.59 Å². The second kappa shape index (κ2) is 5.36. The standard InChI is InChI=1S/C14H15NO6S/c1-20-14-13(15-11(17)7-12(15)22(14,18)19)10(16)8-21-9-5-3-2-4-6-9/h2-6,12-14H,7-8H2,1H3/t12-,13?,14?/m1/s1. The van der Waals surface area contributed by atoms with Gasteiger partial charge in [-0.05, 0) is 12.1 Å². The molecule has 3 rings (SSSR count). The fourth-order valence-electron chi connectivity index (χ4n) is 2.80. The molecule has 7 nitrogen and oxygen atoms in total. The van der Waals surface area contributed by atoms with Crippen molar-refractivity contribution < 1.29 is 27.5 Å². The number of methoxy groups -OCH3 is 1. The molecule has 2 fully saturated rings. The number of para-hydroxylation sites is 1. The molecule has 3 atom stereocenters. The molecule has 0 N–H and O–H groups in total. The van der Waals surface area contributed by atoms with Gasteiger partial charge in [0.1, 0.15) is 23.8 Å². The van der Waals surface area contributed by atoms with Crippen molar-refractivity contribution in [2.24, 2.45) is 0 Å². The van der Waals surface area contributed by atoms with Crippen LogP contribution in [0, 0.1) is 0 Å². The molecule has 118 valence electrons. The van der Waals surface area contributed by atoms with Gasteiger partial charge in [0.15, 0.2) is 11.2 Å². The summed E-state index contributed by atoms with van der Waals surface area (Å²) in [5.74, 6) is -0.349. The van der Waals surface area contributed by atoms with Gasteiger partial charge in [-0.1, -0.05) is 18.2 Å². The van der Waals surface area contributed by atoms with E-state index in [9.17, 15) is 18.0 Å². The first-order chi connectivity index (χ1) is 10.5. The minimum Gasteiger partial charge on any atom is -0.486 e. The SMILES string of the molecule is COC1C(C(=O)COc2ccccc2)N2C(=O)C[C@H]2S1(=O)=O. The summed E-state index contributed by atoms with van der Waals surface area (Å²) in [5, 5.41) is -0.948. The molecular formula is C14H15NO6S. The van der Waals surface area contributed by atoms with Crippen LogP contribution in [0.15, 0.2) is 30.3 Å². The number of Topliss-reactive ketones (excluding diaryl/α,β-unsaturated/α-hetero) is 1. The number of nitrogens with zero attached hydrogens (tertiary/aromatic N) is 1. The summed E-state index contributed by atoms with van der Waals surface area (Å²) >= 11 is 0. The third kappa shape index (κ3) is 2.19. The average molecular weight is 325 g/mol. The second-order valence-electron chi connectivity index (χ2n) is 5.17. The zero-order valence-electron chi connectivity index (χ0n) is 11.8. The molecule has 0 saturated carbocycles. The van der Waals surface area contributed by atoms with Gasteiger partial charge in [0, 0.05) is 7.11 Å². The normalized spacial score (nSPS) is 28.9. The van der Waals surface area contributed by atoms with Gasteiger partial charge in [0.05, 0.1) is 6.42 Å². The second-order valence-corrected chi connectivity index (χ2v) is 7.35. The Morgan fingerprint density at radius 1 is 1.32 bits per heavy atom. The molecule has 2 heterocycles. The number of carbonyl (C=O) groups is 2. The molecule has 2 unspecified atom stereocenters. The molecule has 2 aliphatic rings. The number of hydrogen-bond acceptors (Lipinski definition) is 6. The summed E-state index contributed by atoms with van der Waals surface area (Å²) in [6, 6.07) is 7.56. The molecule has 0 bridgehead atoms. The summed E-state index contributed by atoms with van der Waals surface area (Å²) in [6.45, 7) is -0.319. The van der Waals surface area contributed by atoms with Crippen molar-refractivity contribution in [3.05, 3.63) is 30.3 Å². The van der Waals surface area contributed by atoms with Gasteiger partial charge in [0.2, 0.25) is 15.7 Å². The topological polar surface area (TPSA) is 90.0 Å². The molecule has 0 spiro atoms. The highest BCUT2D eigenvalue weighted by molar-refractivity contribution is 7.93. The highest BCUT2D eigenvalue weighted by Gasteiger charge is 2.63. The molecule has 2 aliphatic heterocycles. The van der Waals surface area contributed by atoms with Crippen molar-refractivity contribution in [3.63, 3.8) is 0 Å². The fraction of sp³-hybridized carbons (Fsp3) is 0.429. The van der Waals surface area contributed by atoms with E-state index in [0.717, 1.165) is 4.90 Å². The highest BCUT2D eigenvalue weighted by Crippen LogP contribution is 2.39. The molecular weight excluding hydrogens is 310 g/mol. The van der Waals surface area contributed by atoms with Crippen LogP contribution in [0.25, 0.3) is 0 Å². The average Bonchev–Trinajstić information content (AvgIpc) is 2.68. The van der Waals surface area contributed by atoms with E-state index in [-0.39, 0.29) is 18.9 Å². The summed E-state index contributed by atoms with van der Waals surface area (Å²) in [5.41, 5.74) is -1.32. The van der Waals surface area contributed by atoms with Crippen molar-refractivity contribution in [1.82, 2.24) is 4.90 Å². The van der Waals surface area contributed by atoms with Crippen LogP contribution in [0.1, 0.15) is 6.42 Å². The Morgan fingerprint density at radius 3 is 2.59 bits per heavy atom. The molecule has 1 aromatic rings. The largest absolute Gasteiger partial charge is 0.486 e. The lowest BCUT2D eigenvalue weighted by Crippen LogP contribution is -2.57. The molecule has 1 amide bonds. The molecule has 22 heavy (non-hydrogen) atoms. The van der Waals surface area contributed by atoms with Gasteiger partial charge in [-0.2, -0.15) is 0 Å². The number of rotatable bonds is 5. The Hall–Kier alpha value is -1.93. The maximum atomic E-state index is 12.3. The molecule has 0 aliphatic carbocycles. The van der Waals surface area contributed by atoms with E-state index in [2.05, 4.69) is 0 Å². The Kier molecular flexibility index (Phi) is 3.65. The van der Waals surface area contributed by atoms with Crippen molar-refractivity contribution >= 4 is 21.5 Å². The molecule has 0 aromatic heterocycles. The van der Waals surface area contributed by atoms with Crippen molar-refractivity contribution in [2.75, 3.05) is 13.7 Å². The van der Waals surface area contributed by atoms with Crippen LogP contribution in [0.3, 0.4) is 0 Å². The van der Waals surface area contributed by atoms with Crippen LogP contribution in [0.5, 0.6) is 5.75 Å². The summed E-state index contributed by atoms with van der Waals surface area (Å²) in [4.78, 5) is 25.1. The molecule has 2 saturated heterocycles. The van der Waals surface area contributed by atoms with Crippen LogP contribution >= 0.6 is 0 Å². The molecule has 0 radical (unpaired) electrons. The van der Waals surface area contributed by atoms with Crippen molar-refractivity contribution in [1.29, 1.82) is 0 Å². The zero-order chi connectivity index (χ0) is 15.9. The highest BCUT2D eigenvalue weighted by atomic mass is 32.2. The number of carbonyl (C=O) groups excluding carboxylic acids is 2. The lowest BCUT2D eigenvalue weighted by atomic mass is 10.1. The number of amides is 1. The Balaban J connectivity index is 1.77. The first-order valence-electron chi connectivity index (χ1n) is 6.74. The van der Waals surface area contributed by atoms with E-state index < -0.39 is 32.5 Å². The first kappa shape index (κ1) is 15.0. The van der Waals surface area contributed by atoms with Crippen molar-refractivity contribution in [3.8, 4) is 5.75 Å². The summed E-state index contributed by atoms with van der Waals surface area (Å²) in [6.07, 6.45) is -0.0918. The third-order valence-electron chi connectivity index (χ3n) is 3.89. The monoisotopic (exact) mass is 325 g/mol.